The Bertz CT molecular complexity index is 864. The van der Waals surface area contributed by atoms with Crippen LogP contribution in [-0.4, -0.2) is 76.4 Å². The van der Waals surface area contributed by atoms with Gasteiger partial charge in [-0.05, 0) is 33.3 Å². The Morgan fingerprint density at radius 3 is 2.03 bits per heavy atom. The van der Waals surface area contributed by atoms with Gasteiger partial charge in [0, 0.05) is 50.8 Å². The Morgan fingerprint density at radius 1 is 0.967 bits per heavy atom. The Morgan fingerprint density at radius 2 is 1.53 bits per heavy atom. The van der Waals surface area contributed by atoms with Gasteiger partial charge in [0.15, 0.2) is 11.9 Å². The number of hydrogen-bond donors (Lipinski definition) is 1. The van der Waals surface area contributed by atoms with E-state index in [1.807, 2.05) is 0 Å². The molecule has 164 valence electrons. The summed E-state index contributed by atoms with van der Waals surface area (Å²) in [7, 11) is 0. The van der Waals surface area contributed by atoms with Crippen LogP contribution in [0, 0.1) is 13.8 Å². The first-order valence-corrected chi connectivity index (χ1v) is 10.00. The molecule has 0 saturated carbocycles. The van der Waals surface area contributed by atoms with Crippen LogP contribution in [0.1, 0.15) is 65.7 Å². The van der Waals surface area contributed by atoms with Crippen molar-refractivity contribution >= 4 is 29.4 Å². The number of aromatic nitrogens is 1. The van der Waals surface area contributed by atoms with Gasteiger partial charge in [-0.15, -0.1) is 0 Å². The van der Waals surface area contributed by atoms with E-state index in [2.05, 4.69) is 4.98 Å². The third-order valence-corrected chi connectivity index (χ3v) is 5.33. The number of carbonyl (C=O) groups excluding carboxylic acids is 5. The lowest BCUT2D eigenvalue weighted by atomic mass is 10.0. The molecule has 2 heterocycles. The first kappa shape index (κ1) is 23.3. The zero-order valence-electron chi connectivity index (χ0n) is 18.2. The fraction of sp³-hybridized carbons (Fsp3) is 0.571. The van der Waals surface area contributed by atoms with Crippen molar-refractivity contribution in [2.75, 3.05) is 26.2 Å². The monoisotopic (exact) mass is 419 g/mol. The van der Waals surface area contributed by atoms with Gasteiger partial charge in [-0.2, -0.15) is 0 Å². The minimum absolute atomic E-state index is 0.0189. The fourth-order valence-corrected chi connectivity index (χ4v) is 3.68. The molecule has 9 heteroatoms. The van der Waals surface area contributed by atoms with Crippen LogP contribution in [0.2, 0.25) is 0 Å². The van der Waals surface area contributed by atoms with E-state index in [1.54, 1.807) is 23.6 Å². The SMILES string of the molecule is CC(=O)c1c(C)[nH]c(C(=O)[C@@H](C)OC(=O)CCC(=O)N2CCN(C(C)=O)CC2)c1C. The second-order valence-corrected chi connectivity index (χ2v) is 7.56. The Kier molecular flexibility index (Phi) is 7.53. The number of amides is 2. The summed E-state index contributed by atoms with van der Waals surface area (Å²) in [6, 6.07) is 0. The number of aromatic amines is 1. The Hall–Kier alpha value is -2.97. The van der Waals surface area contributed by atoms with E-state index >= 15 is 0 Å². The number of aryl methyl sites for hydroxylation is 1. The lowest BCUT2D eigenvalue weighted by Crippen LogP contribution is -2.50. The summed E-state index contributed by atoms with van der Waals surface area (Å²) in [5.41, 5.74) is 1.84. The molecule has 2 rings (SSSR count). The summed E-state index contributed by atoms with van der Waals surface area (Å²) in [5.74, 6) is -1.42. The van der Waals surface area contributed by atoms with E-state index < -0.39 is 17.9 Å². The molecule has 1 aliphatic rings. The van der Waals surface area contributed by atoms with Crippen molar-refractivity contribution < 1.29 is 28.7 Å². The highest BCUT2D eigenvalue weighted by Gasteiger charge is 2.27. The van der Waals surface area contributed by atoms with Crippen molar-refractivity contribution in [3.8, 4) is 0 Å². The number of Topliss-reactive ketones (excluding diaryl/α,β-unsaturated/α-hetero) is 2. The van der Waals surface area contributed by atoms with Crippen LogP contribution in [-0.2, 0) is 19.1 Å². The topological polar surface area (TPSA) is 117 Å². The van der Waals surface area contributed by atoms with Crippen molar-refractivity contribution in [2.24, 2.45) is 0 Å². The molecule has 0 unspecified atom stereocenters. The van der Waals surface area contributed by atoms with E-state index in [0.29, 0.717) is 43.0 Å². The molecule has 1 aliphatic heterocycles. The third-order valence-electron chi connectivity index (χ3n) is 5.33. The smallest absolute Gasteiger partial charge is 0.307 e. The molecule has 0 aromatic carbocycles. The van der Waals surface area contributed by atoms with Gasteiger partial charge in [0.2, 0.25) is 17.6 Å². The number of rotatable bonds is 7. The molecule has 30 heavy (non-hydrogen) atoms. The Labute approximate surface area is 175 Å². The number of esters is 1. The van der Waals surface area contributed by atoms with Crippen molar-refractivity contribution in [3.05, 3.63) is 22.5 Å². The molecule has 1 saturated heterocycles. The maximum Gasteiger partial charge on any atom is 0.307 e. The first-order chi connectivity index (χ1) is 14.0. The van der Waals surface area contributed by atoms with Gasteiger partial charge in [-0.3, -0.25) is 24.0 Å². The van der Waals surface area contributed by atoms with Crippen molar-refractivity contribution in [1.82, 2.24) is 14.8 Å². The zero-order valence-corrected chi connectivity index (χ0v) is 18.2. The minimum Gasteiger partial charge on any atom is -0.454 e. The number of piperazine rings is 1. The summed E-state index contributed by atoms with van der Waals surface area (Å²) in [6.45, 7) is 9.60. The number of carbonyl (C=O) groups is 5. The van der Waals surface area contributed by atoms with E-state index in [1.165, 1.54) is 20.8 Å². The van der Waals surface area contributed by atoms with E-state index in [0.717, 1.165) is 0 Å². The largest absolute Gasteiger partial charge is 0.454 e. The quantitative estimate of drug-likeness (QED) is 0.528. The lowest BCUT2D eigenvalue weighted by Gasteiger charge is -2.34. The summed E-state index contributed by atoms with van der Waals surface area (Å²) < 4.78 is 5.20. The van der Waals surface area contributed by atoms with Gasteiger partial charge in [0.1, 0.15) is 0 Å². The molecule has 1 N–H and O–H groups in total. The number of nitrogens with zero attached hydrogens (tertiary/aromatic N) is 2. The minimum atomic E-state index is -1.04. The lowest BCUT2D eigenvalue weighted by molar-refractivity contribution is -0.148. The van der Waals surface area contributed by atoms with Crippen LogP contribution in [0.15, 0.2) is 0 Å². The predicted octanol–water partition coefficient (Wildman–Crippen LogP) is 1.42. The maximum absolute atomic E-state index is 12.6. The second kappa shape index (κ2) is 9.69. The predicted molar refractivity (Wildman–Crippen MR) is 108 cm³/mol. The molecule has 2 amide bonds. The summed E-state index contributed by atoms with van der Waals surface area (Å²) in [5, 5.41) is 0. The van der Waals surface area contributed by atoms with Crippen molar-refractivity contribution in [1.29, 1.82) is 0 Å². The molecular formula is C21H29N3O6. The normalized spacial score (nSPS) is 15.0. The van der Waals surface area contributed by atoms with Gasteiger partial charge >= 0.3 is 5.97 Å². The van der Waals surface area contributed by atoms with Crippen LogP contribution >= 0.6 is 0 Å². The number of ether oxygens (including phenoxy) is 1. The first-order valence-electron chi connectivity index (χ1n) is 10.00. The summed E-state index contributed by atoms with van der Waals surface area (Å²) >= 11 is 0. The standard InChI is InChI=1S/C21H29N3O6/c1-12-19(14(3)25)13(2)22-20(12)21(29)15(4)30-18(28)7-6-17(27)24-10-8-23(9-11-24)16(5)26/h15,22H,6-11H2,1-5H3/t15-/m1/s1. The van der Waals surface area contributed by atoms with Crippen LogP contribution in [0.5, 0.6) is 0 Å². The molecule has 0 bridgehead atoms. The molecule has 1 aromatic heterocycles. The summed E-state index contributed by atoms with van der Waals surface area (Å²) in [4.78, 5) is 66.3. The second-order valence-electron chi connectivity index (χ2n) is 7.56. The average molecular weight is 419 g/mol. The number of nitrogens with one attached hydrogen (secondary N) is 1. The highest BCUT2D eigenvalue weighted by atomic mass is 16.5. The molecule has 1 atom stereocenters. The van der Waals surface area contributed by atoms with Gasteiger partial charge in [0.05, 0.1) is 12.1 Å². The molecule has 9 nitrogen and oxygen atoms in total. The van der Waals surface area contributed by atoms with Gasteiger partial charge in [-0.25, -0.2) is 0 Å². The van der Waals surface area contributed by atoms with E-state index in [9.17, 15) is 24.0 Å². The third kappa shape index (κ3) is 5.34. The van der Waals surface area contributed by atoms with Crippen LogP contribution < -0.4 is 0 Å². The van der Waals surface area contributed by atoms with E-state index in [4.69, 9.17) is 4.74 Å². The fourth-order valence-electron chi connectivity index (χ4n) is 3.68. The molecule has 0 aliphatic carbocycles. The Balaban J connectivity index is 1.85. The highest BCUT2D eigenvalue weighted by Crippen LogP contribution is 2.20. The maximum atomic E-state index is 12.6. The van der Waals surface area contributed by atoms with E-state index in [-0.39, 0.29) is 36.1 Å². The van der Waals surface area contributed by atoms with Gasteiger partial charge in [-0.1, -0.05) is 0 Å². The van der Waals surface area contributed by atoms with Crippen LogP contribution in [0.4, 0.5) is 0 Å². The van der Waals surface area contributed by atoms with Gasteiger partial charge in [0.25, 0.3) is 0 Å². The average Bonchev–Trinajstić information content (AvgIpc) is 2.99. The molecule has 1 fully saturated rings. The molecule has 1 aromatic rings. The zero-order chi connectivity index (χ0) is 22.6. The van der Waals surface area contributed by atoms with Crippen molar-refractivity contribution in [3.63, 3.8) is 0 Å². The van der Waals surface area contributed by atoms with Gasteiger partial charge < -0.3 is 19.5 Å². The number of H-pyrrole nitrogens is 1. The van der Waals surface area contributed by atoms with Crippen LogP contribution in [0.3, 0.4) is 0 Å². The molecular weight excluding hydrogens is 390 g/mol. The molecule has 0 spiro atoms. The summed E-state index contributed by atoms with van der Waals surface area (Å²) in [6.07, 6.45) is -1.19. The van der Waals surface area contributed by atoms with Crippen LogP contribution in [0.25, 0.3) is 0 Å². The highest BCUT2D eigenvalue weighted by molar-refractivity contribution is 6.05. The van der Waals surface area contributed by atoms with Crippen molar-refractivity contribution in [2.45, 2.75) is 53.6 Å². The molecule has 0 radical (unpaired) electrons. The number of ketones is 2. The number of hydrogen-bond acceptors (Lipinski definition) is 6.